The highest BCUT2D eigenvalue weighted by molar-refractivity contribution is 5.94. The van der Waals surface area contributed by atoms with Crippen LogP contribution < -0.4 is 14.8 Å². The number of nitrogens with one attached hydrogen (secondary N) is 1. The zero-order valence-electron chi connectivity index (χ0n) is 12.0. The Hall–Kier alpha value is -2.35. The molecule has 1 aliphatic rings. The minimum Gasteiger partial charge on any atom is -0.454 e. The fourth-order valence-electron chi connectivity index (χ4n) is 1.65. The maximum Gasteiger partial charge on any atom is 0.296 e. The highest BCUT2D eigenvalue weighted by Gasteiger charge is 2.24. The SMILES string of the molecule is CC(C)(C)OCC(=O)Nc1cc2c(cc1[N+](=O)[O-])OCO2. The van der Waals surface area contributed by atoms with Crippen molar-refractivity contribution in [3.63, 3.8) is 0 Å². The molecule has 1 N–H and O–H groups in total. The van der Waals surface area contributed by atoms with Gasteiger partial charge >= 0.3 is 0 Å². The number of carbonyl (C=O) groups is 1. The Labute approximate surface area is 121 Å². The molecule has 8 nitrogen and oxygen atoms in total. The predicted molar refractivity (Wildman–Crippen MR) is 73.6 cm³/mol. The van der Waals surface area contributed by atoms with E-state index in [9.17, 15) is 14.9 Å². The van der Waals surface area contributed by atoms with Crippen LogP contribution in [0.25, 0.3) is 0 Å². The predicted octanol–water partition coefficient (Wildman–Crippen LogP) is 2.08. The van der Waals surface area contributed by atoms with Crippen LogP contribution in [0, 0.1) is 10.1 Å². The largest absolute Gasteiger partial charge is 0.454 e. The van der Waals surface area contributed by atoms with E-state index in [2.05, 4.69) is 5.32 Å². The molecule has 21 heavy (non-hydrogen) atoms. The van der Waals surface area contributed by atoms with E-state index in [1.165, 1.54) is 12.1 Å². The Morgan fingerprint density at radius 1 is 1.38 bits per heavy atom. The molecular weight excluding hydrogens is 280 g/mol. The van der Waals surface area contributed by atoms with Crippen LogP contribution in [0.1, 0.15) is 20.8 Å². The third-order valence-electron chi connectivity index (χ3n) is 2.60. The fourth-order valence-corrected chi connectivity index (χ4v) is 1.65. The van der Waals surface area contributed by atoms with Crippen molar-refractivity contribution < 1.29 is 23.9 Å². The van der Waals surface area contributed by atoms with Gasteiger partial charge in [0.2, 0.25) is 6.79 Å². The molecule has 0 saturated heterocycles. The number of amides is 1. The summed E-state index contributed by atoms with van der Waals surface area (Å²) >= 11 is 0. The van der Waals surface area contributed by atoms with Crippen molar-refractivity contribution in [2.45, 2.75) is 26.4 Å². The lowest BCUT2D eigenvalue weighted by Crippen LogP contribution is -2.27. The average Bonchev–Trinajstić information content (AvgIpc) is 2.81. The third kappa shape index (κ3) is 3.82. The third-order valence-corrected chi connectivity index (χ3v) is 2.60. The van der Waals surface area contributed by atoms with Gasteiger partial charge in [-0.15, -0.1) is 0 Å². The lowest BCUT2D eigenvalue weighted by Gasteiger charge is -2.19. The van der Waals surface area contributed by atoms with Crippen molar-refractivity contribution >= 4 is 17.3 Å². The van der Waals surface area contributed by atoms with Gasteiger partial charge < -0.3 is 19.5 Å². The smallest absolute Gasteiger partial charge is 0.296 e. The van der Waals surface area contributed by atoms with Gasteiger partial charge in [0.15, 0.2) is 11.5 Å². The molecule has 0 unspecified atom stereocenters. The summed E-state index contributed by atoms with van der Waals surface area (Å²) in [6, 6.07) is 2.60. The fraction of sp³-hybridized carbons (Fsp3) is 0.462. The average molecular weight is 296 g/mol. The van der Waals surface area contributed by atoms with Gasteiger partial charge in [0, 0.05) is 6.07 Å². The van der Waals surface area contributed by atoms with Crippen molar-refractivity contribution in [2.24, 2.45) is 0 Å². The van der Waals surface area contributed by atoms with Gasteiger partial charge in [-0.25, -0.2) is 0 Å². The molecule has 0 bridgehead atoms. The van der Waals surface area contributed by atoms with Crippen molar-refractivity contribution in [1.82, 2.24) is 0 Å². The molecule has 1 amide bonds. The number of hydrogen-bond acceptors (Lipinski definition) is 6. The van der Waals surface area contributed by atoms with E-state index >= 15 is 0 Å². The number of ether oxygens (including phenoxy) is 3. The van der Waals surface area contributed by atoms with Gasteiger partial charge in [0.05, 0.1) is 16.6 Å². The first-order valence-electron chi connectivity index (χ1n) is 6.28. The van der Waals surface area contributed by atoms with Crippen LogP contribution in [-0.4, -0.2) is 29.8 Å². The molecule has 0 spiro atoms. The van der Waals surface area contributed by atoms with E-state index in [0.29, 0.717) is 5.75 Å². The minimum atomic E-state index is -0.595. The molecule has 0 aromatic heterocycles. The number of rotatable bonds is 4. The number of anilines is 1. The van der Waals surface area contributed by atoms with Crippen molar-refractivity contribution in [2.75, 3.05) is 18.7 Å². The highest BCUT2D eigenvalue weighted by atomic mass is 16.7. The van der Waals surface area contributed by atoms with E-state index < -0.39 is 16.4 Å². The molecule has 114 valence electrons. The van der Waals surface area contributed by atoms with Crippen LogP contribution in [0.5, 0.6) is 11.5 Å². The summed E-state index contributed by atoms with van der Waals surface area (Å²) in [5.41, 5.74) is -0.687. The van der Waals surface area contributed by atoms with Gasteiger partial charge in [-0.3, -0.25) is 14.9 Å². The normalized spacial score (nSPS) is 13.1. The maximum absolute atomic E-state index is 11.8. The molecule has 0 fully saturated rings. The molecule has 0 atom stereocenters. The Morgan fingerprint density at radius 2 is 2.00 bits per heavy atom. The van der Waals surface area contributed by atoms with Crippen molar-refractivity contribution in [1.29, 1.82) is 0 Å². The summed E-state index contributed by atoms with van der Waals surface area (Å²) in [5, 5.41) is 13.5. The van der Waals surface area contributed by atoms with Gasteiger partial charge in [-0.2, -0.15) is 0 Å². The Balaban J connectivity index is 2.15. The monoisotopic (exact) mass is 296 g/mol. The molecule has 8 heteroatoms. The second-order valence-electron chi connectivity index (χ2n) is 5.43. The Bertz CT molecular complexity index is 579. The first-order chi connectivity index (χ1) is 9.76. The highest BCUT2D eigenvalue weighted by Crippen LogP contribution is 2.40. The van der Waals surface area contributed by atoms with Gasteiger partial charge in [-0.1, -0.05) is 0 Å². The quantitative estimate of drug-likeness (QED) is 0.674. The number of nitro groups is 1. The van der Waals surface area contributed by atoms with Crippen molar-refractivity contribution in [3.8, 4) is 11.5 Å². The van der Waals surface area contributed by atoms with Crippen molar-refractivity contribution in [3.05, 3.63) is 22.2 Å². The molecular formula is C13H16N2O6. The van der Waals surface area contributed by atoms with Crippen LogP contribution in [0.2, 0.25) is 0 Å². The zero-order valence-corrected chi connectivity index (χ0v) is 12.0. The minimum absolute atomic E-state index is 0.00295. The van der Waals surface area contributed by atoms with E-state index in [1.807, 2.05) is 20.8 Å². The second kappa shape index (κ2) is 5.57. The van der Waals surface area contributed by atoms with E-state index in [1.54, 1.807) is 0 Å². The molecule has 1 aliphatic heterocycles. The molecule has 1 heterocycles. The van der Waals surface area contributed by atoms with Crippen LogP contribution in [0.3, 0.4) is 0 Å². The number of fused-ring (bicyclic) bond motifs is 1. The standard InChI is InChI=1S/C13H16N2O6/c1-13(2,3)21-6-12(16)14-8-4-10-11(20-7-19-10)5-9(8)15(17)18/h4-5H,6-7H2,1-3H3,(H,14,16). The van der Waals surface area contributed by atoms with Gasteiger partial charge in [0.25, 0.3) is 11.6 Å². The first-order valence-corrected chi connectivity index (χ1v) is 6.28. The van der Waals surface area contributed by atoms with E-state index in [-0.39, 0.29) is 30.5 Å². The van der Waals surface area contributed by atoms with Crippen LogP contribution in [0.15, 0.2) is 12.1 Å². The lowest BCUT2D eigenvalue weighted by molar-refractivity contribution is -0.384. The first kappa shape index (κ1) is 15.0. The second-order valence-corrected chi connectivity index (χ2v) is 5.43. The summed E-state index contributed by atoms with van der Waals surface area (Å²) in [4.78, 5) is 22.3. The van der Waals surface area contributed by atoms with Crippen LogP contribution >= 0.6 is 0 Å². The van der Waals surface area contributed by atoms with Gasteiger partial charge in [0.1, 0.15) is 12.3 Å². The summed E-state index contributed by atoms with van der Waals surface area (Å²) in [6.07, 6.45) is 0. The molecule has 0 saturated carbocycles. The number of carbonyl (C=O) groups excluding carboxylic acids is 1. The zero-order chi connectivity index (χ0) is 15.6. The van der Waals surface area contributed by atoms with E-state index in [4.69, 9.17) is 14.2 Å². The number of hydrogen-bond donors (Lipinski definition) is 1. The maximum atomic E-state index is 11.8. The number of nitrogens with zero attached hydrogens (tertiary/aromatic N) is 1. The molecule has 2 rings (SSSR count). The van der Waals surface area contributed by atoms with Gasteiger partial charge in [-0.05, 0) is 20.8 Å². The molecule has 1 aromatic rings. The summed E-state index contributed by atoms with van der Waals surface area (Å²) in [6.45, 7) is 5.22. The Morgan fingerprint density at radius 3 is 2.57 bits per heavy atom. The lowest BCUT2D eigenvalue weighted by atomic mass is 10.2. The molecule has 1 aromatic carbocycles. The van der Waals surface area contributed by atoms with E-state index in [0.717, 1.165) is 0 Å². The summed E-state index contributed by atoms with van der Waals surface area (Å²) in [5.74, 6) is 0.158. The summed E-state index contributed by atoms with van der Waals surface area (Å²) in [7, 11) is 0. The summed E-state index contributed by atoms with van der Waals surface area (Å²) < 4.78 is 15.5. The van der Waals surface area contributed by atoms with Crippen LogP contribution in [0.4, 0.5) is 11.4 Å². The van der Waals surface area contributed by atoms with Crippen LogP contribution in [-0.2, 0) is 9.53 Å². The molecule has 0 aliphatic carbocycles. The number of nitro benzene ring substituents is 1. The Kier molecular flexibility index (Phi) is 3.99. The molecule has 0 radical (unpaired) electrons. The number of benzene rings is 1. The topological polar surface area (TPSA) is 99.9 Å².